The summed E-state index contributed by atoms with van der Waals surface area (Å²) in [6.45, 7) is 1.62. The molecule has 0 saturated heterocycles. The number of alkyl halides is 3. The summed E-state index contributed by atoms with van der Waals surface area (Å²) in [5.41, 5.74) is 6.48. The van der Waals surface area contributed by atoms with Crippen molar-refractivity contribution in [2.45, 2.75) is 13.1 Å². The normalized spacial score (nSPS) is 11.4. The number of benzene rings is 2. The fourth-order valence-corrected chi connectivity index (χ4v) is 2.58. The van der Waals surface area contributed by atoms with Gasteiger partial charge in [0.1, 0.15) is 17.6 Å². The van der Waals surface area contributed by atoms with Gasteiger partial charge in [0.05, 0.1) is 16.8 Å². The van der Waals surface area contributed by atoms with Crippen LogP contribution >= 0.6 is 0 Å². The minimum Gasteiger partial charge on any atom is -0.383 e. The molecule has 0 saturated carbocycles. The number of nitrogens with two attached hydrogens (primary N) is 1. The van der Waals surface area contributed by atoms with Gasteiger partial charge in [-0.2, -0.15) is 23.5 Å². The molecule has 0 spiro atoms. The molecule has 0 aliphatic heterocycles. The van der Waals surface area contributed by atoms with Crippen molar-refractivity contribution in [3.63, 3.8) is 0 Å². The van der Waals surface area contributed by atoms with Crippen molar-refractivity contribution in [2.75, 3.05) is 11.1 Å². The second-order valence-corrected chi connectivity index (χ2v) is 6.05. The number of halogens is 3. The maximum absolute atomic E-state index is 12.9. The van der Waals surface area contributed by atoms with Crippen molar-refractivity contribution in [2.24, 2.45) is 10.2 Å². The molecule has 29 heavy (non-hydrogen) atoms. The highest BCUT2D eigenvalue weighted by Gasteiger charge is 2.30. The molecule has 1 aromatic heterocycles. The zero-order chi connectivity index (χ0) is 21.0. The Morgan fingerprint density at radius 3 is 2.45 bits per heavy atom. The Labute approximate surface area is 164 Å². The van der Waals surface area contributed by atoms with Gasteiger partial charge in [0.2, 0.25) is 0 Å². The molecule has 3 aromatic rings. The lowest BCUT2D eigenvalue weighted by molar-refractivity contribution is -0.137. The fourth-order valence-electron chi connectivity index (χ4n) is 2.58. The van der Waals surface area contributed by atoms with Crippen LogP contribution in [0.4, 0.5) is 41.9 Å². The molecule has 0 unspecified atom stereocenters. The van der Waals surface area contributed by atoms with Gasteiger partial charge in [-0.15, -0.1) is 5.11 Å². The number of para-hydroxylation sites is 1. The molecular weight excluding hydrogens is 381 g/mol. The third-order valence-electron chi connectivity index (χ3n) is 4.03. The Morgan fingerprint density at radius 1 is 1.07 bits per heavy atom. The Bertz CT molecular complexity index is 1100. The number of anilines is 3. The second-order valence-electron chi connectivity index (χ2n) is 6.05. The zero-order valence-corrected chi connectivity index (χ0v) is 15.2. The Balaban J connectivity index is 2.05. The highest BCUT2D eigenvalue weighted by molar-refractivity contribution is 5.76. The van der Waals surface area contributed by atoms with E-state index in [2.05, 4.69) is 20.5 Å². The summed E-state index contributed by atoms with van der Waals surface area (Å²) in [7, 11) is 0. The number of hydrogen-bond acceptors (Lipinski definition) is 6. The number of nitrogens with one attached hydrogen (secondary N) is 1. The Hall–Kier alpha value is -3.93. The van der Waals surface area contributed by atoms with Crippen LogP contribution < -0.4 is 11.1 Å². The molecule has 0 aliphatic rings. The Morgan fingerprint density at radius 2 is 1.79 bits per heavy atom. The lowest BCUT2D eigenvalue weighted by Crippen LogP contribution is -2.04. The third-order valence-corrected chi connectivity index (χ3v) is 4.03. The van der Waals surface area contributed by atoms with E-state index in [1.807, 2.05) is 24.3 Å². The van der Waals surface area contributed by atoms with Gasteiger partial charge in [-0.1, -0.05) is 24.3 Å². The van der Waals surface area contributed by atoms with Crippen LogP contribution in [-0.4, -0.2) is 4.98 Å². The van der Waals surface area contributed by atoms with Crippen LogP contribution in [0.2, 0.25) is 0 Å². The smallest absolute Gasteiger partial charge is 0.383 e. The first kappa shape index (κ1) is 19.8. The molecule has 0 fully saturated rings. The van der Waals surface area contributed by atoms with Crippen LogP contribution in [-0.2, 0) is 6.18 Å². The van der Waals surface area contributed by atoms with Gasteiger partial charge in [0.15, 0.2) is 5.82 Å². The second kappa shape index (κ2) is 7.98. The van der Waals surface area contributed by atoms with Gasteiger partial charge >= 0.3 is 6.18 Å². The lowest BCUT2D eigenvalue weighted by Gasteiger charge is -2.12. The summed E-state index contributed by atoms with van der Waals surface area (Å²) in [6, 6.07) is 15.5. The highest BCUT2D eigenvalue weighted by atomic mass is 19.4. The van der Waals surface area contributed by atoms with Gasteiger partial charge < -0.3 is 11.1 Å². The molecule has 3 N–H and O–H groups in total. The number of hydrogen-bond donors (Lipinski definition) is 2. The number of nitriles is 1. The van der Waals surface area contributed by atoms with E-state index in [4.69, 9.17) is 5.73 Å². The van der Waals surface area contributed by atoms with Crippen molar-refractivity contribution in [1.82, 2.24) is 4.98 Å². The van der Waals surface area contributed by atoms with Crippen LogP contribution in [0.25, 0.3) is 0 Å². The van der Waals surface area contributed by atoms with Crippen LogP contribution in [0.3, 0.4) is 0 Å². The maximum Gasteiger partial charge on any atom is 0.416 e. The number of aromatic nitrogens is 1. The molecule has 2 aromatic carbocycles. The molecular formula is C20H15F3N6. The van der Waals surface area contributed by atoms with Crippen molar-refractivity contribution >= 4 is 28.7 Å². The summed E-state index contributed by atoms with van der Waals surface area (Å²) < 4.78 is 38.7. The molecule has 0 radical (unpaired) electrons. The zero-order valence-electron chi connectivity index (χ0n) is 15.2. The number of azo groups is 1. The van der Waals surface area contributed by atoms with Crippen LogP contribution in [0.15, 0.2) is 64.8 Å². The highest BCUT2D eigenvalue weighted by Crippen LogP contribution is 2.36. The van der Waals surface area contributed by atoms with Gasteiger partial charge in [0.25, 0.3) is 0 Å². The first-order chi connectivity index (χ1) is 13.8. The van der Waals surface area contributed by atoms with Crippen LogP contribution in [0.1, 0.15) is 16.7 Å². The third kappa shape index (κ3) is 4.50. The minimum absolute atomic E-state index is 0.0141. The monoisotopic (exact) mass is 396 g/mol. The molecule has 6 nitrogen and oxygen atoms in total. The Kier molecular flexibility index (Phi) is 5.45. The average molecular weight is 396 g/mol. The summed E-state index contributed by atoms with van der Waals surface area (Å²) in [6.07, 6.45) is -4.49. The van der Waals surface area contributed by atoms with Gasteiger partial charge in [-0.25, -0.2) is 4.98 Å². The van der Waals surface area contributed by atoms with Crippen molar-refractivity contribution in [1.29, 1.82) is 5.26 Å². The number of pyridine rings is 1. The molecule has 0 bridgehead atoms. The van der Waals surface area contributed by atoms with E-state index in [0.29, 0.717) is 11.3 Å². The number of nitrogen functional groups attached to an aromatic ring is 1. The lowest BCUT2D eigenvalue weighted by atomic mass is 10.1. The molecule has 1 heterocycles. The average Bonchev–Trinajstić information content (AvgIpc) is 2.68. The summed E-state index contributed by atoms with van der Waals surface area (Å²) in [5.74, 6) is 0.252. The standard InChI is InChI=1S/C20H15F3N6/c1-12-16(11-24)18(25)27-19(26-14-7-3-2-4-8-14)17(12)29-28-15-9-5-6-13(10-15)20(21,22)23/h2-10H,1H3,(H3,25,26,27). The molecule has 0 amide bonds. The molecule has 3 rings (SSSR count). The molecule has 9 heteroatoms. The predicted octanol–water partition coefficient (Wildman–Crippen LogP) is 6.02. The van der Waals surface area contributed by atoms with Crippen molar-refractivity contribution in [3.05, 3.63) is 71.3 Å². The van der Waals surface area contributed by atoms with Gasteiger partial charge in [-0.05, 0) is 37.3 Å². The van der Waals surface area contributed by atoms with Crippen molar-refractivity contribution < 1.29 is 13.2 Å². The predicted molar refractivity (Wildman–Crippen MR) is 103 cm³/mol. The topological polar surface area (TPSA) is 99.5 Å². The van der Waals surface area contributed by atoms with Crippen LogP contribution in [0.5, 0.6) is 0 Å². The summed E-state index contributed by atoms with van der Waals surface area (Å²) in [4.78, 5) is 4.18. The van der Waals surface area contributed by atoms with E-state index >= 15 is 0 Å². The quantitative estimate of drug-likeness (QED) is 0.527. The molecule has 0 atom stereocenters. The van der Waals surface area contributed by atoms with Crippen molar-refractivity contribution in [3.8, 4) is 6.07 Å². The minimum atomic E-state index is -4.49. The first-order valence-electron chi connectivity index (χ1n) is 8.41. The molecule has 0 aliphatic carbocycles. The number of rotatable bonds is 4. The van der Waals surface area contributed by atoms with Gasteiger partial charge in [0, 0.05) is 11.3 Å². The maximum atomic E-state index is 12.9. The van der Waals surface area contributed by atoms with E-state index in [0.717, 1.165) is 12.1 Å². The first-order valence-corrected chi connectivity index (χ1v) is 8.41. The van der Waals surface area contributed by atoms with E-state index in [-0.39, 0.29) is 28.6 Å². The van der Waals surface area contributed by atoms with E-state index in [1.54, 1.807) is 19.1 Å². The van der Waals surface area contributed by atoms with E-state index < -0.39 is 11.7 Å². The molecule has 146 valence electrons. The largest absolute Gasteiger partial charge is 0.416 e. The van der Waals surface area contributed by atoms with Gasteiger partial charge in [-0.3, -0.25) is 0 Å². The summed E-state index contributed by atoms with van der Waals surface area (Å²) >= 11 is 0. The number of nitrogens with zero attached hydrogens (tertiary/aromatic N) is 4. The SMILES string of the molecule is Cc1c(C#N)c(N)nc(Nc2ccccc2)c1N=Nc1cccc(C(F)(F)F)c1. The van der Waals surface area contributed by atoms with E-state index in [1.165, 1.54) is 12.1 Å². The summed E-state index contributed by atoms with van der Waals surface area (Å²) in [5, 5.41) is 20.4. The fraction of sp³-hybridized carbons (Fsp3) is 0.100. The van der Waals surface area contributed by atoms with Crippen LogP contribution in [0, 0.1) is 18.3 Å². The van der Waals surface area contributed by atoms with E-state index in [9.17, 15) is 18.4 Å².